The summed E-state index contributed by atoms with van der Waals surface area (Å²) in [6.07, 6.45) is 2.84. The van der Waals surface area contributed by atoms with Gasteiger partial charge in [0.1, 0.15) is 0 Å². The standard InChI is InChI=1S/C16H19BrN2O4/c1-3-18-14(20)9-19-15(21)10-23-16(22)7-6-12-5-4-11(2)8-13(12)17/h4-8H,3,9-10H2,1-2H3,(H,18,20)(H,19,21)/b7-6+. The van der Waals surface area contributed by atoms with Gasteiger partial charge in [-0.15, -0.1) is 0 Å². The number of benzene rings is 1. The second-order valence-corrected chi connectivity index (χ2v) is 5.55. The Kier molecular flexibility index (Phi) is 8.04. The topological polar surface area (TPSA) is 84.5 Å². The van der Waals surface area contributed by atoms with Crippen molar-refractivity contribution < 1.29 is 19.1 Å². The SMILES string of the molecule is CCNC(=O)CNC(=O)COC(=O)/C=C/c1ccc(C)cc1Br. The van der Waals surface area contributed by atoms with Crippen LogP contribution < -0.4 is 10.6 Å². The first-order chi connectivity index (χ1) is 10.9. The highest BCUT2D eigenvalue weighted by Gasteiger charge is 2.07. The maximum atomic E-state index is 11.6. The van der Waals surface area contributed by atoms with Crippen LogP contribution in [0.1, 0.15) is 18.1 Å². The summed E-state index contributed by atoms with van der Waals surface area (Å²) in [5.74, 6) is -1.46. The van der Waals surface area contributed by atoms with Gasteiger partial charge in [0, 0.05) is 17.1 Å². The number of carbonyl (C=O) groups is 3. The zero-order chi connectivity index (χ0) is 17.2. The molecule has 0 fully saturated rings. The number of hydrogen-bond acceptors (Lipinski definition) is 4. The molecule has 0 bridgehead atoms. The molecule has 0 aliphatic heterocycles. The fourth-order valence-corrected chi connectivity index (χ4v) is 2.22. The summed E-state index contributed by atoms with van der Waals surface area (Å²) in [5.41, 5.74) is 1.92. The second kappa shape index (κ2) is 9.78. The molecule has 0 saturated carbocycles. The van der Waals surface area contributed by atoms with E-state index in [4.69, 9.17) is 4.74 Å². The van der Waals surface area contributed by atoms with Crippen LogP contribution in [0, 0.1) is 6.92 Å². The van der Waals surface area contributed by atoms with E-state index in [1.807, 2.05) is 25.1 Å². The van der Waals surface area contributed by atoms with Crippen molar-refractivity contribution in [3.8, 4) is 0 Å². The van der Waals surface area contributed by atoms with Gasteiger partial charge in [0.25, 0.3) is 5.91 Å². The average molecular weight is 383 g/mol. The molecule has 124 valence electrons. The molecule has 6 nitrogen and oxygen atoms in total. The highest BCUT2D eigenvalue weighted by Crippen LogP contribution is 2.19. The highest BCUT2D eigenvalue weighted by atomic mass is 79.9. The van der Waals surface area contributed by atoms with Crippen LogP contribution in [0.2, 0.25) is 0 Å². The molecule has 0 unspecified atom stereocenters. The van der Waals surface area contributed by atoms with E-state index in [9.17, 15) is 14.4 Å². The van der Waals surface area contributed by atoms with E-state index in [-0.39, 0.29) is 12.5 Å². The molecule has 7 heteroatoms. The lowest BCUT2D eigenvalue weighted by Crippen LogP contribution is -2.38. The third kappa shape index (κ3) is 7.60. The largest absolute Gasteiger partial charge is 0.452 e. The Morgan fingerprint density at radius 3 is 2.61 bits per heavy atom. The third-order valence-corrected chi connectivity index (χ3v) is 3.41. The minimum atomic E-state index is -0.634. The first kappa shape index (κ1) is 18.9. The van der Waals surface area contributed by atoms with Crippen LogP contribution in [0.15, 0.2) is 28.7 Å². The Bertz CT molecular complexity index is 614. The zero-order valence-corrected chi connectivity index (χ0v) is 14.6. The van der Waals surface area contributed by atoms with E-state index in [0.29, 0.717) is 6.54 Å². The van der Waals surface area contributed by atoms with Gasteiger partial charge in [-0.25, -0.2) is 4.79 Å². The molecule has 2 amide bonds. The van der Waals surface area contributed by atoms with Crippen molar-refractivity contribution in [2.75, 3.05) is 19.7 Å². The highest BCUT2D eigenvalue weighted by molar-refractivity contribution is 9.10. The minimum Gasteiger partial charge on any atom is -0.452 e. The monoisotopic (exact) mass is 382 g/mol. The summed E-state index contributed by atoms with van der Waals surface area (Å²) >= 11 is 3.40. The van der Waals surface area contributed by atoms with E-state index in [1.165, 1.54) is 6.08 Å². The van der Waals surface area contributed by atoms with Gasteiger partial charge in [-0.05, 0) is 37.1 Å². The fourth-order valence-electron chi connectivity index (χ4n) is 1.60. The summed E-state index contributed by atoms with van der Waals surface area (Å²) < 4.78 is 5.66. The van der Waals surface area contributed by atoms with E-state index in [0.717, 1.165) is 15.6 Å². The Morgan fingerprint density at radius 2 is 1.96 bits per heavy atom. The number of esters is 1. The number of hydrogen-bond donors (Lipinski definition) is 2. The Morgan fingerprint density at radius 1 is 1.22 bits per heavy atom. The number of rotatable bonds is 7. The molecule has 1 aromatic carbocycles. The van der Waals surface area contributed by atoms with Gasteiger partial charge in [-0.1, -0.05) is 28.1 Å². The smallest absolute Gasteiger partial charge is 0.331 e. The van der Waals surface area contributed by atoms with Crippen molar-refractivity contribution in [2.45, 2.75) is 13.8 Å². The maximum absolute atomic E-state index is 11.6. The Balaban J connectivity index is 2.37. The van der Waals surface area contributed by atoms with Crippen LogP contribution in [0.3, 0.4) is 0 Å². The number of carbonyl (C=O) groups excluding carboxylic acids is 3. The van der Waals surface area contributed by atoms with Gasteiger partial charge in [-0.3, -0.25) is 9.59 Å². The van der Waals surface area contributed by atoms with Crippen molar-refractivity contribution in [3.63, 3.8) is 0 Å². The quantitative estimate of drug-likeness (QED) is 0.553. The number of amides is 2. The molecule has 0 radical (unpaired) electrons. The molecule has 2 N–H and O–H groups in total. The molecule has 0 atom stereocenters. The van der Waals surface area contributed by atoms with Gasteiger partial charge in [0.05, 0.1) is 6.54 Å². The summed E-state index contributed by atoms with van der Waals surface area (Å²) in [4.78, 5) is 34.1. The van der Waals surface area contributed by atoms with Crippen molar-refractivity contribution in [2.24, 2.45) is 0 Å². The molecule has 0 aromatic heterocycles. The van der Waals surface area contributed by atoms with Gasteiger partial charge in [-0.2, -0.15) is 0 Å². The average Bonchev–Trinajstić information content (AvgIpc) is 2.50. The van der Waals surface area contributed by atoms with Crippen molar-refractivity contribution >= 4 is 39.8 Å². The number of ether oxygens (including phenoxy) is 1. The van der Waals surface area contributed by atoms with Crippen LogP contribution in [-0.4, -0.2) is 37.5 Å². The summed E-state index contributed by atoms with van der Waals surface area (Å²) in [7, 11) is 0. The van der Waals surface area contributed by atoms with Gasteiger partial charge < -0.3 is 15.4 Å². The lowest BCUT2D eigenvalue weighted by Gasteiger charge is -2.05. The van der Waals surface area contributed by atoms with Gasteiger partial charge in [0.15, 0.2) is 6.61 Å². The molecule has 0 aliphatic carbocycles. The van der Waals surface area contributed by atoms with Crippen LogP contribution in [-0.2, 0) is 19.1 Å². The molecule has 0 saturated heterocycles. The van der Waals surface area contributed by atoms with Crippen LogP contribution >= 0.6 is 15.9 Å². The molecule has 0 aliphatic rings. The number of halogens is 1. The molecule has 1 rings (SSSR count). The molecular weight excluding hydrogens is 364 g/mol. The normalized spacial score (nSPS) is 10.4. The van der Waals surface area contributed by atoms with Crippen LogP contribution in [0.4, 0.5) is 0 Å². The fraction of sp³-hybridized carbons (Fsp3) is 0.312. The second-order valence-electron chi connectivity index (χ2n) is 4.70. The summed E-state index contributed by atoms with van der Waals surface area (Å²) in [5, 5.41) is 4.89. The van der Waals surface area contributed by atoms with Gasteiger partial charge in [0.2, 0.25) is 5.91 Å². The number of likely N-dealkylation sites (N-methyl/N-ethyl adjacent to an activating group) is 1. The predicted molar refractivity (Wildman–Crippen MR) is 90.6 cm³/mol. The predicted octanol–water partition coefficient (Wildman–Crippen LogP) is 1.57. The summed E-state index contributed by atoms with van der Waals surface area (Å²) in [6.45, 7) is 3.66. The van der Waals surface area contributed by atoms with E-state index >= 15 is 0 Å². The first-order valence-corrected chi connectivity index (χ1v) is 7.86. The molecular formula is C16H19BrN2O4. The lowest BCUT2D eigenvalue weighted by molar-refractivity contribution is -0.143. The molecule has 0 heterocycles. The van der Waals surface area contributed by atoms with E-state index in [1.54, 1.807) is 13.0 Å². The van der Waals surface area contributed by atoms with Crippen molar-refractivity contribution in [1.82, 2.24) is 10.6 Å². The minimum absolute atomic E-state index is 0.142. The summed E-state index contributed by atoms with van der Waals surface area (Å²) in [6, 6.07) is 5.71. The van der Waals surface area contributed by atoms with Crippen LogP contribution in [0.25, 0.3) is 6.08 Å². The maximum Gasteiger partial charge on any atom is 0.331 e. The molecule has 0 spiro atoms. The molecule has 23 heavy (non-hydrogen) atoms. The lowest BCUT2D eigenvalue weighted by atomic mass is 10.1. The molecule has 1 aromatic rings. The Hall–Kier alpha value is -2.15. The third-order valence-electron chi connectivity index (χ3n) is 2.72. The first-order valence-electron chi connectivity index (χ1n) is 7.06. The number of nitrogens with one attached hydrogen (secondary N) is 2. The van der Waals surface area contributed by atoms with Crippen molar-refractivity contribution in [1.29, 1.82) is 0 Å². The van der Waals surface area contributed by atoms with Crippen LogP contribution in [0.5, 0.6) is 0 Å². The zero-order valence-electron chi connectivity index (χ0n) is 13.0. The number of aryl methyl sites for hydroxylation is 1. The van der Waals surface area contributed by atoms with Gasteiger partial charge >= 0.3 is 5.97 Å². The Labute approximate surface area is 143 Å². The van der Waals surface area contributed by atoms with E-state index in [2.05, 4.69) is 26.6 Å². The van der Waals surface area contributed by atoms with Crippen molar-refractivity contribution in [3.05, 3.63) is 39.9 Å². The van der Waals surface area contributed by atoms with E-state index < -0.39 is 18.5 Å².